The first kappa shape index (κ1) is 16.0. The fourth-order valence-electron chi connectivity index (χ4n) is 2.97. The van der Waals surface area contributed by atoms with E-state index in [9.17, 15) is 10.1 Å². The fraction of sp³-hybridized carbons (Fsp3) is 0.235. The number of carbonyl (C=O) groups is 1. The summed E-state index contributed by atoms with van der Waals surface area (Å²) in [6.07, 6.45) is 1.85. The zero-order chi connectivity index (χ0) is 18.3. The van der Waals surface area contributed by atoms with Gasteiger partial charge in [-0.15, -0.1) is 5.10 Å². The van der Waals surface area contributed by atoms with E-state index in [0.29, 0.717) is 11.4 Å². The minimum Gasteiger partial charge on any atom is -0.299 e. The number of rotatable bonds is 3. The minimum absolute atomic E-state index is 0.0458. The van der Waals surface area contributed by atoms with Crippen LogP contribution in [0.5, 0.6) is 0 Å². The smallest absolute Gasteiger partial charge is 0.299 e. The predicted molar refractivity (Wildman–Crippen MR) is 87.8 cm³/mol. The summed E-state index contributed by atoms with van der Waals surface area (Å²) in [5, 5.41) is 17.5. The number of imidazole rings is 1. The molecule has 0 radical (unpaired) electrons. The number of nitrogens with zero attached hydrogens (tertiary/aromatic N) is 6. The highest BCUT2D eigenvalue weighted by molar-refractivity contribution is 5.88. The zero-order valence-corrected chi connectivity index (χ0v) is 14.1. The monoisotopic (exact) mass is 350 g/mol. The van der Waals surface area contributed by atoms with E-state index in [1.807, 2.05) is 29.7 Å². The molecule has 0 saturated carbocycles. The Labute approximate surface area is 148 Å². The van der Waals surface area contributed by atoms with Crippen molar-refractivity contribution in [2.75, 3.05) is 6.61 Å². The molecule has 3 heterocycles. The van der Waals surface area contributed by atoms with Gasteiger partial charge < -0.3 is 0 Å². The van der Waals surface area contributed by atoms with Crippen LogP contribution < -0.4 is 0 Å². The topological polar surface area (TPSA) is 108 Å². The van der Waals surface area contributed by atoms with Gasteiger partial charge in [-0.05, 0) is 31.5 Å². The van der Waals surface area contributed by atoms with Crippen LogP contribution in [0.3, 0.4) is 0 Å². The van der Waals surface area contributed by atoms with Crippen LogP contribution in [0.15, 0.2) is 24.5 Å². The van der Waals surface area contributed by atoms with Gasteiger partial charge in [0.2, 0.25) is 0 Å². The Morgan fingerprint density at radius 1 is 1.35 bits per heavy atom. The number of hydrogen-bond donors (Lipinski definition) is 0. The van der Waals surface area contributed by atoms with E-state index in [2.05, 4.69) is 21.4 Å². The number of aromatic nitrogens is 5. The van der Waals surface area contributed by atoms with Gasteiger partial charge in [-0.25, -0.2) is 14.5 Å². The molecule has 9 heteroatoms. The lowest BCUT2D eigenvalue weighted by Gasteiger charge is -2.10. The van der Waals surface area contributed by atoms with Crippen molar-refractivity contribution in [3.05, 3.63) is 52.9 Å². The van der Waals surface area contributed by atoms with E-state index in [4.69, 9.17) is 9.78 Å². The summed E-state index contributed by atoms with van der Waals surface area (Å²) < 4.78 is 3.43. The molecule has 0 spiro atoms. The van der Waals surface area contributed by atoms with Crippen LogP contribution in [0.25, 0.3) is 11.4 Å². The molecule has 0 fully saturated rings. The Morgan fingerprint density at radius 3 is 2.96 bits per heavy atom. The Balaban J connectivity index is 1.95. The van der Waals surface area contributed by atoms with E-state index >= 15 is 0 Å². The highest BCUT2D eigenvalue weighted by atomic mass is 17.2. The molecule has 0 N–H and O–H groups in total. The maximum absolute atomic E-state index is 12.3. The van der Waals surface area contributed by atoms with Crippen LogP contribution in [0, 0.1) is 18.3 Å². The normalized spacial score (nSPS) is 11.7. The van der Waals surface area contributed by atoms with Crippen LogP contribution >= 0.6 is 0 Å². The first-order valence-electron chi connectivity index (χ1n) is 8.00. The van der Waals surface area contributed by atoms with Crippen molar-refractivity contribution < 1.29 is 14.6 Å². The van der Waals surface area contributed by atoms with Crippen LogP contribution in [-0.4, -0.2) is 37.1 Å². The third-order valence-corrected chi connectivity index (χ3v) is 4.13. The largest absolute Gasteiger partial charge is 0.395 e. The van der Waals surface area contributed by atoms with Crippen molar-refractivity contribution >= 4 is 5.97 Å². The summed E-state index contributed by atoms with van der Waals surface area (Å²) in [4.78, 5) is 25.9. The zero-order valence-electron chi connectivity index (χ0n) is 14.1. The summed E-state index contributed by atoms with van der Waals surface area (Å²) in [5.74, 6) is -0.728. The van der Waals surface area contributed by atoms with Gasteiger partial charge in [0.05, 0.1) is 29.4 Å². The molecule has 0 amide bonds. The lowest BCUT2D eigenvalue weighted by molar-refractivity contribution is -0.237. The summed E-state index contributed by atoms with van der Waals surface area (Å²) in [7, 11) is 0. The number of fused-ring (bicyclic) bond motifs is 5. The van der Waals surface area contributed by atoms with Gasteiger partial charge >= 0.3 is 5.97 Å². The molecule has 9 nitrogen and oxygen atoms in total. The maximum atomic E-state index is 12.3. The molecule has 130 valence electrons. The van der Waals surface area contributed by atoms with Crippen LogP contribution in [0.4, 0.5) is 0 Å². The standard InChI is InChI=1S/C17H14N6O3/c1-3-25-26-17(24)16-15-7-13-11(8-18)19-9-22(13)12-5-4-10(2)6-14(12)23(15)21-20-16/h4-6,9H,3,7H2,1-2H3. The number of nitriles is 1. The Bertz CT molecular complexity index is 1060. The van der Waals surface area contributed by atoms with E-state index in [-0.39, 0.29) is 24.4 Å². The average molecular weight is 350 g/mol. The molecule has 0 atom stereocenters. The van der Waals surface area contributed by atoms with Crippen molar-refractivity contribution in [1.82, 2.24) is 24.5 Å². The molecule has 2 aromatic heterocycles. The quantitative estimate of drug-likeness (QED) is 0.408. The third kappa shape index (κ3) is 2.35. The lowest BCUT2D eigenvalue weighted by Crippen LogP contribution is -2.11. The van der Waals surface area contributed by atoms with Crippen LogP contribution in [0.1, 0.15) is 40.1 Å². The van der Waals surface area contributed by atoms with Gasteiger partial charge in [0, 0.05) is 6.42 Å². The second-order valence-corrected chi connectivity index (χ2v) is 5.76. The Hall–Kier alpha value is -3.51. The molecule has 26 heavy (non-hydrogen) atoms. The van der Waals surface area contributed by atoms with Gasteiger partial charge in [-0.2, -0.15) is 10.1 Å². The summed E-state index contributed by atoms with van der Waals surface area (Å²) in [6.45, 7) is 3.89. The van der Waals surface area contributed by atoms with Crippen molar-refractivity contribution in [2.24, 2.45) is 0 Å². The highest BCUT2D eigenvalue weighted by Gasteiger charge is 2.29. The van der Waals surface area contributed by atoms with E-state index in [0.717, 1.165) is 16.9 Å². The van der Waals surface area contributed by atoms with E-state index in [1.54, 1.807) is 17.9 Å². The van der Waals surface area contributed by atoms with Crippen LogP contribution in [-0.2, 0) is 16.2 Å². The first-order valence-corrected chi connectivity index (χ1v) is 8.00. The number of benzene rings is 1. The van der Waals surface area contributed by atoms with Crippen LogP contribution in [0.2, 0.25) is 0 Å². The van der Waals surface area contributed by atoms with Gasteiger partial charge in [0.1, 0.15) is 12.4 Å². The molecule has 0 bridgehead atoms. The second kappa shape index (κ2) is 6.09. The minimum atomic E-state index is -0.728. The number of aryl methyl sites for hydroxylation is 1. The summed E-state index contributed by atoms with van der Waals surface area (Å²) >= 11 is 0. The number of carbonyl (C=O) groups excluding carboxylic acids is 1. The molecular formula is C17H14N6O3. The molecule has 1 aliphatic heterocycles. The third-order valence-electron chi connectivity index (χ3n) is 4.13. The first-order chi connectivity index (χ1) is 12.6. The molecule has 1 aliphatic rings. The van der Waals surface area contributed by atoms with Crippen molar-refractivity contribution in [3.63, 3.8) is 0 Å². The number of hydrogen-bond acceptors (Lipinski definition) is 7. The lowest BCUT2D eigenvalue weighted by atomic mass is 10.1. The SMILES string of the molecule is CCOOC(=O)c1nnn2c1Cc1c(C#N)ncn1-c1ccc(C)cc1-2. The maximum Gasteiger partial charge on any atom is 0.395 e. The van der Waals surface area contributed by atoms with E-state index < -0.39 is 5.97 Å². The van der Waals surface area contributed by atoms with Crippen molar-refractivity contribution in [2.45, 2.75) is 20.3 Å². The predicted octanol–water partition coefficient (Wildman–Crippen LogP) is 1.65. The molecule has 0 unspecified atom stereocenters. The second-order valence-electron chi connectivity index (χ2n) is 5.76. The van der Waals surface area contributed by atoms with Gasteiger partial charge in [0.25, 0.3) is 0 Å². The Morgan fingerprint density at radius 2 is 2.19 bits per heavy atom. The molecular weight excluding hydrogens is 336 g/mol. The van der Waals surface area contributed by atoms with Gasteiger partial charge in [-0.1, -0.05) is 11.3 Å². The highest BCUT2D eigenvalue weighted by Crippen LogP contribution is 2.30. The molecule has 4 rings (SSSR count). The average Bonchev–Trinajstić information content (AvgIpc) is 3.21. The van der Waals surface area contributed by atoms with Gasteiger partial charge in [-0.3, -0.25) is 9.45 Å². The summed E-state index contributed by atoms with van der Waals surface area (Å²) in [6, 6.07) is 7.91. The van der Waals surface area contributed by atoms with Crippen molar-refractivity contribution in [1.29, 1.82) is 5.26 Å². The van der Waals surface area contributed by atoms with Gasteiger partial charge in [0.15, 0.2) is 11.4 Å². The molecule has 1 aromatic carbocycles. The van der Waals surface area contributed by atoms with Crippen molar-refractivity contribution in [3.8, 4) is 17.4 Å². The summed E-state index contributed by atoms with van der Waals surface area (Å²) in [5.41, 5.74) is 4.06. The molecule has 0 aliphatic carbocycles. The molecule has 3 aromatic rings. The van der Waals surface area contributed by atoms with E-state index in [1.165, 1.54) is 0 Å². The fourth-order valence-corrected chi connectivity index (χ4v) is 2.97. The molecule has 0 saturated heterocycles. The Kier molecular flexibility index (Phi) is 3.74.